The van der Waals surface area contributed by atoms with Crippen molar-refractivity contribution in [3.8, 4) is 0 Å². The monoisotopic (exact) mass is 902 g/mol. The molecule has 0 aliphatic heterocycles. The molecule has 0 saturated carbocycles. The van der Waals surface area contributed by atoms with Gasteiger partial charge in [0.15, 0.2) is 6.23 Å². The minimum atomic E-state index is -1.40. The Morgan fingerprint density at radius 1 is 0.597 bits per heavy atom. The highest BCUT2D eigenvalue weighted by Crippen LogP contribution is 2.20. The topological polar surface area (TPSA) is 286 Å². The number of hydrogen-bond acceptors (Lipinski definition) is 16. The van der Waals surface area contributed by atoms with Gasteiger partial charge < -0.3 is 59.1 Å². The van der Waals surface area contributed by atoms with Gasteiger partial charge in [0.25, 0.3) is 6.47 Å². The zero-order chi connectivity index (χ0) is 45.8. The van der Waals surface area contributed by atoms with Gasteiger partial charge in [-0.3, -0.25) is 28.8 Å². The second-order valence-electron chi connectivity index (χ2n) is 13.8. The van der Waals surface area contributed by atoms with E-state index in [-0.39, 0.29) is 94.3 Å². The highest BCUT2D eigenvalue weighted by atomic mass is 32.1. The second kappa shape index (κ2) is 36.0. The van der Waals surface area contributed by atoms with Gasteiger partial charge in [-0.1, -0.05) is 30.3 Å². The lowest BCUT2D eigenvalue weighted by molar-refractivity contribution is -0.143. The second-order valence-corrected chi connectivity index (χ2v) is 14.1. The molecule has 1 aromatic carbocycles. The van der Waals surface area contributed by atoms with Crippen molar-refractivity contribution in [2.45, 2.75) is 76.5 Å². The van der Waals surface area contributed by atoms with Gasteiger partial charge in [-0.25, -0.2) is 9.59 Å². The highest BCUT2D eigenvalue weighted by Gasteiger charge is 2.28. The third-order valence-electron chi connectivity index (χ3n) is 8.85. The number of carboxylic acid groups (broad SMARTS) is 3. The average Bonchev–Trinajstić information content (AvgIpc) is 3.23. The molecule has 20 nitrogen and oxygen atoms in total. The highest BCUT2D eigenvalue weighted by molar-refractivity contribution is 7.80. The van der Waals surface area contributed by atoms with Gasteiger partial charge >= 0.3 is 23.9 Å². The SMILES string of the molecule is O=CO[C@H](CCC(=O)O)NC(=O)N[C@@H](CCC(=O)CCCOCCOCCOCCOCCOCCOCCC(=O)C[C@@H](Cc1ccccc1)C(=O)C[C@@H](CS)C(=O)O)C(=O)O. The molecule has 0 spiro atoms. The molecule has 2 amide bonds. The van der Waals surface area contributed by atoms with Crippen molar-refractivity contribution in [2.75, 3.05) is 85.0 Å². The number of rotatable bonds is 42. The number of benzene rings is 1. The number of aliphatic carboxylic acids is 3. The molecule has 0 fully saturated rings. The Labute approximate surface area is 366 Å². The van der Waals surface area contributed by atoms with E-state index in [0.29, 0.717) is 72.3 Å². The fourth-order valence-electron chi connectivity index (χ4n) is 5.50. The van der Waals surface area contributed by atoms with E-state index in [1.807, 2.05) is 30.3 Å². The standard InChI is InChI=1S/C41H62N2O18S/c44-29-61-37(10-11-38(48)49)43-41(54)42-35(40(52)53)9-8-33(45)7-4-13-55-15-17-57-19-21-59-23-24-60-22-20-58-18-16-56-14-12-34(46)26-31(25-30-5-2-1-3-6-30)36(47)27-32(28-62)39(50)51/h1-3,5-6,29,31-32,35,37,62H,4,7-28H2,(H,48,49)(H,50,51)(H,52,53)(H2,42,43,54)/t31-,32+,35+,37-/m1/s1. The number of ketones is 3. The Morgan fingerprint density at radius 3 is 1.65 bits per heavy atom. The van der Waals surface area contributed by atoms with Crippen molar-refractivity contribution < 1.29 is 86.8 Å². The first-order chi connectivity index (χ1) is 29.9. The summed E-state index contributed by atoms with van der Waals surface area (Å²) in [4.78, 5) is 94.2. The molecule has 21 heteroatoms. The normalized spacial score (nSPS) is 13.0. The minimum Gasteiger partial charge on any atom is -0.481 e. The molecule has 0 radical (unpaired) electrons. The zero-order valence-electron chi connectivity index (χ0n) is 34.9. The molecule has 1 aromatic rings. The van der Waals surface area contributed by atoms with Crippen molar-refractivity contribution >= 4 is 60.4 Å². The van der Waals surface area contributed by atoms with E-state index in [0.717, 1.165) is 5.56 Å². The van der Waals surface area contributed by atoms with Crippen LogP contribution in [0, 0.1) is 11.8 Å². The number of carbonyl (C=O) groups is 8. The Balaban J connectivity index is 2.01. The Morgan fingerprint density at radius 2 is 1.15 bits per heavy atom. The number of nitrogens with one attached hydrogen (secondary N) is 2. The van der Waals surface area contributed by atoms with Crippen LogP contribution in [-0.4, -0.2) is 160 Å². The Hall–Kier alpha value is -4.51. The summed E-state index contributed by atoms with van der Waals surface area (Å²) in [5.41, 5.74) is 0.893. The van der Waals surface area contributed by atoms with Crippen molar-refractivity contribution in [1.29, 1.82) is 0 Å². The summed E-state index contributed by atoms with van der Waals surface area (Å²) >= 11 is 4.05. The predicted octanol–water partition coefficient (Wildman–Crippen LogP) is 2.13. The molecule has 1 rings (SSSR count). The number of amides is 2. The molecule has 0 bridgehead atoms. The lowest BCUT2D eigenvalue weighted by Crippen LogP contribution is -2.49. The molecule has 0 unspecified atom stereocenters. The van der Waals surface area contributed by atoms with E-state index in [9.17, 15) is 48.6 Å². The Kier molecular flexibility index (Phi) is 32.2. The van der Waals surface area contributed by atoms with E-state index < -0.39 is 54.5 Å². The van der Waals surface area contributed by atoms with E-state index in [4.69, 9.17) is 33.5 Å². The lowest BCUT2D eigenvalue weighted by atomic mass is 9.86. The molecule has 0 saturated heterocycles. The van der Waals surface area contributed by atoms with Crippen LogP contribution in [0.5, 0.6) is 0 Å². The number of carboxylic acids is 3. The van der Waals surface area contributed by atoms with E-state index >= 15 is 0 Å². The first-order valence-corrected chi connectivity index (χ1v) is 21.0. The number of urea groups is 1. The maximum absolute atomic E-state index is 13.0. The first kappa shape index (κ1) is 55.5. The summed E-state index contributed by atoms with van der Waals surface area (Å²) in [5, 5.41) is 31.8. The fourth-order valence-corrected chi connectivity index (χ4v) is 5.79. The molecule has 0 aromatic heterocycles. The summed E-state index contributed by atoms with van der Waals surface area (Å²) < 4.78 is 37.4. The van der Waals surface area contributed by atoms with E-state index in [2.05, 4.69) is 28.0 Å². The van der Waals surface area contributed by atoms with Crippen LogP contribution in [0.4, 0.5) is 4.79 Å². The molecule has 4 atom stereocenters. The summed E-state index contributed by atoms with van der Waals surface area (Å²) in [5.74, 6) is -5.77. The molecule has 0 aliphatic carbocycles. The van der Waals surface area contributed by atoms with Gasteiger partial charge in [-0.05, 0) is 24.8 Å². The van der Waals surface area contributed by atoms with Gasteiger partial charge in [0.2, 0.25) is 0 Å². The third-order valence-corrected chi connectivity index (χ3v) is 9.29. The van der Waals surface area contributed by atoms with Crippen molar-refractivity contribution in [3.05, 3.63) is 35.9 Å². The van der Waals surface area contributed by atoms with Crippen LogP contribution < -0.4 is 10.6 Å². The number of carbonyl (C=O) groups excluding carboxylic acids is 5. The van der Waals surface area contributed by atoms with Crippen LogP contribution in [0.2, 0.25) is 0 Å². The molecule has 62 heavy (non-hydrogen) atoms. The molecule has 0 heterocycles. The van der Waals surface area contributed by atoms with Gasteiger partial charge in [-0.15, -0.1) is 0 Å². The summed E-state index contributed by atoms with van der Waals surface area (Å²) in [6.45, 7) is 3.81. The van der Waals surface area contributed by atoms with Crippen LogP contribution in [0.3, 0.4) is 0 Å². The van der Waals surface area contributed by atoms with Crippen molar-refractivity contribution in [1.82, 2.24) is 10.6 Å². The van der Waals surface area contributed by atoms with Gasteiger partial charge in [-0.2, -0.15) is 12.6 Å². The summed E-state index contributed by atoms with van der Waals surface area (Å²) in [6.07, 6.45) is -1.33. The largest absolute Gasteiger partial charge is 0.481 e. The van der Waals surface area contributed by atoms with Crippen LogP contribution in [-0.2, 0) is 73.1 Å². The predicted molar refractivity (Wildman–Crippen MR) is 222 cm³/mol. The van der Waals surface area contributed by atoms with Gasteiger partial charge in [0, 0.05) is 56.8 Å². The molecule has 350 valence electrons. The van der Waals surface area contributed by atoms with Crippen molar-refractivity contribution in [3.63, 3.8) is 0 Å². The maximum Gasteiger partial charge on any atom is 0.326 e. The van der Waals surface area contributed by atoms with Crippen LogP contribution in [0.15, 0.2) is 30.3 Å². The first-order valence-electron chi connectivity index (χ1n) is 20.4. The molecular formula is C41H62N2O18S. The van der Waals surface area contributed by atoms with E-state index in [1.54, 1.807) is 0 Å². The Bertz CT molecular complexity index is 1470. The zero-order valence-corrected chi connectivity index (χ0v) is 35.8. The minimum absolute atomic E-state index is 0.00616. The quantitative estimate of drug-likeness (QED) is 0.0237. The number of Topliss-reactive ketones (excluding diaryl/α,β-unsaturated/α-hetero) is 3. The fraction of sp³-hybridized carbons (Fsp3) is 0.659. The molecule has 0 aliphatic rings. The number of thiol groups is 1. The van der Waals surface area contributed by atoms with Crippen LogP contribution >= 0.6 is 12.6 Å². The maximum atomic E-state index is 13.0. The third kappa shape index (κ3) is 29.7. The number of hydrogen-bond donors (Lipinski definition) is 6. The molecular weight excluding hydrogens is 841 g/mol. The summed E-state index contributed by atoms with van der Waals surface area (Å²) in [7, 11) is 0. The lowest BCUT2D eigenvalue weighted by Gasteiger charge is -2.19. The van der Waals surface area contributed by atoms with E-state index in [1.165, 1.54) is 0 Å². The smallest absolute Gasteiger partial charge is 0.326 e. The van der Waals surface area contributed by atoms with Crippen LogP contribution in [0.25, 0.3) is 0 Å². The molecule has 5 N–H and O–H groups in total. The van der Waals surface area contributed by atoms with Crippen molar-refractivity contribution in [2.24, 2.45) is 11.8 Å². The number of ether oxygens (including phenoxy) is 7. The average molecular weight is 903 g/mol. The summed E-state index contributed by atoms with van der Waals surface area (Å²) in [6, 6.07) is 6.89. The van der Waals surface area contributed by atoms with Gasteiger partial charge in [0.05, 0.1) is 85.0 Å². The van der Waals surface area contributed by atoms with Gasteiger partial charge in [0.1, 0.15) is 23.4 Å². The van der Waals surface area contributed by atoms with Crippen LogP contribution in [0.1, 0.15) is 63.4 Å².